The summed E-state index contributed by atoms with van der Waals surface area (Å²) in [6.07, 6.45) is -1.81. The molecule has 7 atom stereocenters. The van der Waals surface area contributed by atoms with Gasteiger partial charge in [-0.25, -0.2) is 4.79 Å². The molecule has 13 N–H and O–H groups in total. The molecule has 53 heavy (non-hydrogen) atoms. The molecule has 0 spiro atoms. The zero-order valence-electron chi connectivity index (χ0n) is 31.2. The average molecular weight is 758 g/mol. The van der Waals surface area contributed by atoms with Crippen molar-refractivity contribution in [2.45, 2.75) is 117 Å². The first kappa shape index (κ1) is 47.7. The van der Waals surface area contributed by atoms with E-state index in [0.29, 0.717) is 0 Å². The van der Waals surface area contributed by atoms with Crippen LogP contribution in [0.15, 0.2) is 0 Å². The molecule has 0 heterocycles. The van der Waals surface area contributed by atoms with Gasteiger partial charge in [-0.1, -0.05) is 41.5 Å². The summed E-state index contributed by atoms with van der Waals surface area (Å²) in [6.45, 7) is 12.0. The van der Waals surface area contributed by atoms with Crippen molar-refractivity contribution in [3.05, 3.63) is 0 Å². The summed E-state index contributed by atoms with van der Waals surface area (Å²) in [5.74, 6) is -11.6. The Morgan fingerprint density at radius 3 is 1.40 bits per heavy atom. The Hall–Kier alpha value is -5.34. The largest absolute Gasteiger partial charge is 0.481 e. The van der Waals surface area contributed by atoms with E-state index in [4.69, 9.17) is 11.5 Å². The first-order chi connectivity index (χ1) is 24.4. The number of carboxylic acid groups (broad SMARTS) is 2. The van der Waals surface area contributed by atoms with Crippen LogP contribution in [0, 0.1) is 17.8 Å². The van der Waals surface area contributed by atoms with E-state index < -0.39 is 133 Å². The second kappa shape index (κ2) is 22.6. The molecule has 0 aromatic heterocycles. The third kappa shape index (κ3) is 18.1. The number of rotatable bonds is 23. The van der Waals surface area contributed by atoms with E-state index in [-0.39, 0.29) is 12.3 Å². The minimum atomic E-state index is -1.82. The Morgan fingerprint density at radius 2 is 0.981 bits per heavy atom. The zero-order valence-corrected chi connectivity index (χ0v) is 31.2. The van der Waals surface area contributed by atoms with E-state index in [9.17, 15) is 58.2 Å². The van der Waals surface area contributed by atoms with E-state index in [2.05, 4.69) is 37.2 Å². The fourth-order valence-corrected chi connectivity index (χ4v) is 4.57. The van der Waals surface area contributed by atoms with Crippen LogP contribution in [0.2, 0.25) is 0 Å². The van der Waals surface area contributed by atoms with E-state index in [1.54, 1.807) is 41.5 Å². The van der Waals surface area contributed by atoms with Crippen LogP contribution in [0.3, 0.4) is 0 Å². The lowest BCUT2D eigenvalue weighted by Gasteiger charge is -2.29. The Labute approximate surface area is 307 Å². The normalized spacial score (nSPS) is 15.0. The molecule has 0 aliphatic carbocycles. The summed E-state index contributed by atoms with van der Waals surface area (Å²) >= 11 is 0. The van der Waals surface area contributed by atoms with Crippen LogP contribution >= 0.6 is 0 Å². The third-order valence-corrected chi connectivity index (χ3v) is 7.47. The fourth-order valence-electron chi connectivity index (χ4n) is 4.57. The Balaban J connectivity index is 5.94. The standard InChI is InChI=1S/C32H55N9O12/c1-13(2)9-20(32(52)53)39-29(49)19(11-23(44)45)37-28(48)18(10-21(34)42)38-30(50)24(14(3)4)41-31(51)25(15(5)6)40-27(47)17(8)36-22(43)12-35-26(46)16(7)33/h13-20,24-25H,9-12,33H2,1-8H3,(H2,34,42)(H,35,46)(H,36,43)(H,37,48)(H,38,50)(H,39,49)(H,40,47)(H,41,51)(H,44,45)(H,52,53)/t16-,17-,18-,19-,20-,24-,25-/m0/s1. The summed E-state index contributed by atoms with van der Waals surface area (Å²) < 4.78 is 0. The number of aliphatic carboxylic acids is 2. The summed E-state index contributed by atoms with van der Waals surface area (Å²) in [6, 6.07) is -9.62. The van der Waals surface area contributed by atoms with Crippen molar-refractivity contribution in [1.29, 1.82) is 0 Å². The first-order valence-corrected chi connectivity index (χ1v) is 16.9. The lowest BCUT2D eigenvalue weighted by molar-refractivity contribution is -0.144. The molecular weight excluding hydrogens is 702 g/mol. The molecule has 0 radical (unpaired) electrons. The van der Waals surface area contributed by atoms with Crippen LogP contribution < -0.4 is 48.7 Å². The van der Waals surface area contributed by atoms with Gasteiger partial charge in [-0.3, -0.25) is 43.2 Å². The number of nitrogens with two attached hydrogens (primary N) is 2. The molecule has 0 aromatic rings. The van der Waals surface area contributed by atoms with Crippen LogP contribution in [0.25, 0.3) is 0 Å². The summed E-state index contributed by atoms with van der Waals surface area (Å²) in [4.78, 5) is 125. The van der Waals surface area contributed by atoms with E-state index in [1.165, 1.54) is 13.8 Å². The van der Waals surface area contributed by atoms with Gasteiger partial charge in [0.25, 0.3) is 0 Å². The summed E-state index contributed by atoms with van der Waals surface area (Å²) in [5, 5.41) is 35.1. The van der Waals surface area contributed by atoms with Crippen molar-refractivity contribution in [3.8, 4) is 0 Å². The SMILES string of the molecule is CC(C)C[C@H](NC(=O)[C@H](CC(=O)O)NC(=O)[C@H](CC(N)=O)NC(=O)[C@@H](NC(=O)[C@@H](NC(=O)[C@H](C)NC(=O)CNC(=O)[C@H](C)N)C(C)C)C(C)C)C(=O)O. The molecule has 0 aliphatic rings. The van der Waals surface area contributed by atoms with Gasteiger partial charge in [0.1, 0.15) is 36.3 Å². The molecule has 0 rings (SSSR count). The minimum Gasteiger partial charge on any atom is -0.481 e. The highest BCUT2D eigenvalue weighted by molar-refractivity contribution is 5.99. The molecular formula is C32H55N9O12. The van der Waals surface area contributed by atoms with Crippen LogP contribution in [-0.4, -0.2) is 118 Å². The van der Waals surface area contributed by atoms with Crippen LogP contribution in [0.5, 0.6) is 0 Å². The van der Waals surface area contributed by atoms with Crippen molar-refractivity contribution in [3.63, 3.8) is 0 Å². The van der Waals surface area contributed by atoms with Gasteiger partial charge in [0, 0.05) is 0 Å². The monoisotopic (exact) mass is 757 g/mol. The van der Waals surface area contributed by atoms with Gasteiger partial charge in [-0.2, -0.15) is 0 Å². The van der Waals surface area contributed by atoms with Crippen LogP contribution in [0.1, 0.15) is 74.7 Å². The molecule has 0 bridgehead atoms. The molecule has 8 amide bonds. The molecule has 0 saturated carbocycles. The molecule has 0 saturated heterocycles. The van der Waals surface area contributed by atoms with E-state index in [1.807, 2.05) is 0 Å². The number of primary amides is 1. The maximum absolute atomic E-state index is 13.5. The number of nitrogens with one attached hydrogen (secondary N) is 7. The molecule has 0 unspecified atom stereocenters. The highest BCUT2D eigenvalue weighted by atomic mass is 16.4. The fraction of sp³-hybridized carbons (Fsp3) is 0.688. The van der Waals surface area contributed by atoms with Gasteiger partial charge >= 0.3 is 11.9 Å². The number of carboxylic acids is 2. The molecule has 300 valence electrons. The molecule has 0 aliphatic heterocycles. The van der Waals surface area contributed by atoms with Crippen LogP contribution in [0.4, 0.5) is 0 Å². The smallest absolute Gasteiger partial charge is 0.326 e. The lowest BCUT2D eigenvalue weighted by Crippen LogP contribution is -2.61. The molecule has 0 fully saturated rings. The van der Waals surface area contributed by atoms with Crippen molar-refractivity contribution in [2.75, 3.05) is 6.54 Å². The second-order valence-electron chi connectivity index (χ2n) is 13.7. The molecule has 21 nitrogen and oxygen atoms in total. The van der Waals surface area contributed by atoms with Gasteiger partial charge in [-0.05, 0) is 38.0 Å². The van der Waals surface area contributed by atoms with Crippen LogP contribution in [-0.2, 0) is 47.9 Å². The topological polar surface area (TPSA) is 347 Å². The highest BCUT2D eigenvalue weighted by Gasteiger charge is 2.35. The maximum Gasteiger partial charge on any atom is 0.326 e. The predicted octanol–water partition coefficient (Wildman–Crippen LogP) is -3.83. The molecule has 21 heteroatoms. The van der Waals surface area contributed by atoms with Gasteiger partial charge in [0.05, 0.1) is 25.4 Å². The molecule has 0 aromatic carbocycles. The number of carbonyl (C=O) groups excluding carboxylic acids is 8. The number of amides is 8. The predicted molar refractivity (Wildman–Crippen MR) is 187 cm³/mol. The van der Waals surface area contributed by atoms with Crippen molar-refractivity contribution in [2.24, 2.45) is 29.2 Å². The Morgan fingerprint density at radius 1 is 0.547 bits per heavy atom. The van der Waals surface area contributed by atoms with Crippen molar-refractivity contribution >= 4 is 59.2 Å². The van der Waals surface area contributed by atoms with E-state index in [0.717, 1.165) is 0 Å². The lowest BCUT2D eigenvalue weighted by atomic mass is 9.99. The third-order valence-electron chi connectivity index (χ3n) is 7.47. The van der Waals surface area contributed by atoms with Gasteiger partial charge in [-0.15, -0.1) is 0 Å². The second-order valence-corrected chi connectivity index (χ2v) is 13.7. The Bertz CT molecular complexity index is 1370. The number of hydrogen-bond donors (Lipinski definition) is 11. The maximum atomic E-state index is 13.5. The van der Waals surface area contributed by atoms with Gasteiger partial charge < -0.3 is 58.9 Å². The summed E-state index contributed by atoms with van der Waals surface area (Å²) in [7, 11) is 0. The number of carbonyl (C=O) groups is 10. The van der Waals surface area contributed by atoms with Gasteiger partial charge in [0.15, 0.2) is 0 Å². The van der Waals surface area contributed by atoms with Gasteiger partial charge in [0.2, 0.25) is 47.3 Å². The number of hydrogen-bond acceptors (Lipinski definition) is 11. The van der Waals surface area contributed by atoms with Crippen molar-refractivity contribution in [1.82, 2.24) is 37.2 Å². The Kier molecular flexibility index (Phi) is 20.3. The summed E-state index contributed by atoms with van der Waals surface area (Å²) in [5.41, 5.74) is 10.7. The van der Waals surface area contributed by atoms with Crippen molar-refractivity contribution < 1.29 is 58.2 Å². The minimum absolute atomic E-state index is 0.00955. The van der Waals surface area contributed by atoms with E-state index >= 15 is 0 Å². The average Bonchev–Trinajstić information content (AvgIpc) is 3.02. The quantitative estimate of drug-likeness (QED) is 0.0477. The highest BCUT2D eigenvalue weighted by Crippen LogP contribution is 2.10. The zero-order chi connectivity index (χ0) is 41.3. The first-order valence-electron chi connectivity index (χ1n) is 16.9.